The number of halogens is 1. The fourth-order valence-electron chi connectivity index (χ4n) is 2.27. The van der Waals surface area contributed by atoms with E-state index in [9.17, 15) is 4.39 Å². The number of aromatic nitrogens is 5. The second kappa shape index (κ2) is 5.45. The number of aromatic amines is 1. The topological polar surface area (TPSA) is 79.4 Å². The number of rotatable bonds is 3. The van der Waals surface area contributed by atoms with Crippen LogP contribution in [0.2, 0.25) is 0 Å². The number of nitrogens with one attached hydrogen (secondary N) is 2. The first kappa shape index (κ1) is 13.3. The van der Waals surface area contributed by atoms with E-state index in [2.05, 4.69) is 30.7 Å². The highest BCUT2D eigenvalue weighted by Gasteiger charge is 2.06. The average molecular weight is 306 g/mol. The Kier molecular flexibility index (Phi) is 3.16. The van der Waals surface area contributed by atoms with E-state index in [1.807, 2.05) is 18.2 Å². The van der Waals surface area contributed by atoms with Crippen LogP contribution in [0.5, 0.6) is 0 Å². The Morgan fingerprint density at radius 3 is 2.78 bits per heavy atom. The van der Waals surface area contributed by atoms with Crippen LogP contribution in [0.4, 0.5) is 16.0 Å². The van der Waals surface area contributed by atoms with Crippen molar-refractivity contribution in [2.45, 2.75) is 0 Å². The second-order valence-corrected chi connectivity index (χ2v) is 4.93. The van der Waals surface area contributed by atoms with Gasteiger partial charge in [0.1, 0.15) is 16.9 Å². The van der Waals surface area contributed by atoms with Crippen molar-refractivity contribution in [3.8, 4) is 11.3 Å². The van der Waals surface area contributed by atoms with E-state index in [1.54, 1.807) is 24.4 Å². The minimum Gasteiger partial charge on any atom is -0.324 e. The Balaban J connectivity index is 1.67. The van der Waals surface area contributed by atoms with E-state index in [0.29, 0.717) is 11.6 Å². The van der Waals surface area contributed by atoms with Crippen LogP contribution in [0, 0.1) is 5.82 Å². The van der Waals surface area contributed by atoms with Crippen molar-refractivity contribution in [2.24, 2.45) is 0 Å². The molecule has 4 aromatic rings. The van der Waals surface area contributed by atoms with Gasteiger partial charge in [0.15, 0.2) is 0 Å². The summed E-state index contributed by atoms with van der Waals surface area (Å²) in [6, 6.07) is 13.6. The molecular weight excluding hydrogens is 295 g/mol. The third kappa shape index (κ3) is 2.71. The summed E-state index contributed by atoms with van der Waals surface area (Å²) in [5.74, 6) is 0.0796. The van der Waals surface area contributed by atoms with Gasteiger partial charge in [0.25, 0.3) is 0 Å². The maximum Gasteiger partial charge on any atom is 0.227 e. The molecule has 0 aliphatic carbocycles. The Morgan fingerprint density at radius 1 is 0.957 bits per heavy atom. The molecule has 2 aromatic carbocycles. The fraction of sp³-hybridized carbons (Fsp3) is 0. The van der Waals surface area contributed by atoms with E-state index in [0.717, 1.165) is 22.3 Å². The van der Waals surface area contributed by atoms with Crippen molar-refractivity contribution in [1.29, 1.82) is 0 Å². The molecule has 2 N–H and O–H groups in total. The summed E-state index contributed by atoms with van der Waals surface area (Å²) in [6.07, 6.45) is 1.65. The second-order valence-electron chi connectivity index (χ2n) is 4.93. The number of nitrogens with zero attached hydrogens (tertiary/aromatic N) is 4. The summed E-state index contributed by atoms with van der Waals surface area (Å²) < 4.78 is 13.2. The normalized spacial score (nSPS) is 10.8. The maximum absolute atomic E-state index is 13.2. The monoisotopic (exact) mass is 306 g/mol. The predicted molar refractivity (Wildman–Crippen MR) is 84.6 cm³/mol. The third-order valence-electron chi connectivity index (χ3n) is 3.35. The van der Waals surface area contributed by atoms with Crippen molar-refractivity contribution >= 4 is 22.7 Å². The lowest BCUT2D eigenvalue weighted by Gasteiger charge is -2.06. The number of benzene rings is 2. The fourth-order valence-corrected chi connectivity index (χ4v) is 2.27. The third-order valence-corrected chi connectivity index (χ3v) is 3.35. The van der Waals surface area contributed by atoms with E-state index < -0.39 is 0 Å². The zero-order chi connectivity index (χ0) is 15.6. The van der Waals surface area contributed by atoms with E-state index in [4.69, 9.17) is 0 Å². The van der Waals surface area contributed by atoms with Crippen LogP contribution >= 0.6 is 0 Å². The van der Waals surface area contributed by atoms with Gasteiger partial charge in [-0.3, -0.25) is 0 Å². The summed E-state index contributed by atoms with van der Waals surface area (Å²) in [5.41, 5.74) is 3.79. The average Bonchev–Trinajstić information content (AvgIpc) is 3.03. The molecule has 0 atom stereocenters. The van der Waals surface area contributed by atoms with Crippen molar-refractivity contribution < 1.29 is 4.39 Å². The lowest BCUT2D eigenvalue weighted by atomic mass is 10.1. The molecule has 0 spiro atoms. The highest BCUT2D eigenvalue weighted by Crippen LogP contribution is 2.22. The molecule has 0 saturated carbocycles. The number of hydrogen-bond acceptors (Lipinski definition) is 5. The molecular formula is C16H11FN6. The van der Waals surface area contributed by atoms with Crippen LogP contribution in [0.25, 0.3) is 22.3 Å². The van der Waals surface area contributed by atoms with Gasteiger partial charge in [0.05, 0.1) is 5.69 Å². The Labute approximate surface area is 130 Å². The van der Waals surface area contributed by atoms with Gasteiger partial charge in [-0.15, -0.1) is 0 Å². The van der Waals surface area contributed by atoms with Crippen LogP contribution in [0.1, 0.15) is 0 Å². The van der Waals surface area contributed by atoms with Gasteiger partial charge in [0, 0.05) is 17.4 Å². The van der Waals surface area contributed by atoms with Crippen molar-refractivity contribution in [3.63, 3.8) is 0 Å². The van der Waals surface area contributed by atoms with Gasteiger partial charge in [-0.05, 0) is 36.4 Å². The lowest BCUT2D eigenvalue weighted by Crippen LogP contribution is -1.98. The molecule has 7 heteroatoms. The summed E-state index contributed by atoms with van der Waals surface area (Å²) in [7, 11) is 0. The molecule has 0 amide bonds. The summed E-state index contributed by atoms with van der Waals surface area (Å²) >= 11 is 0. The summed E-state index contributed by atoms with van der Waals surface area (Å²) in [4.78, 5) is 8.62. The molecule has 0 radical (unpaired) electrons. The van der Waals surface area contributed by atoms with Gasteiger partial charge in [-0.1, -0.05) is 12.1 Å². The predicted octanol–water partition coefficient (Wildman–Crippen LogP) is 3.30. The molecule has 6 nitrogen and oxygen atoms in total. The molecule has 0 unspecified atom stereocenters. The first-order chi connectivity index (χ1) is 11.3. The van der Waals surface area contributed by atoms with Crippen molar-refractivity contribution in [3.05, 3.63) is 60.5 Å². The van der Waals surface area contributed by atoms with Crippen molar-refractivity contribution in [1.82, 2.24) is 25.4 Å². The molecule has 0 fully saturated rings. The first-order valence-electron chi connectivity index (χ1n) is 6.94. The molecule has 112 valence electrons. The minimum atomic E-state index is -0.317. The number of H-pyrrole nitrogens is 1. The van der Waals surface area contributed by atoms with Gasteiger partial charge >= 0.3 is 0 Å². The molecule has 23 heavy (non-hydrogen) atoms. The SMILES string of the molecule is Fc1cccc(Nc2nccc(-c3ccc4n[nH]nc4c3)n2)c1. The molecule has 0 saturated heterocycles. The maximum atomic E-state index is 13.2. The van der Waals surface area contributed by atoms with Gasteiger partial charge in [-0.2, -0.15) is 15.4 Å². The Morgan fingerprint density at radius 2 is 1.87 bits per heavy atom. The molecule has 0 bridgehead atoms. The highest BCUT2D eigenvalue weighted by atomic mass is 19.1. The summed E-state index contributed by atoms with van der Waals surface area (Å²) in [5, 5.41) is 13.7. The van der Waals surface area contributed by atoms with E-state index >= 15 is 0 Å². The van der Waals surface area contributed by atoms with Crippen LogP contribution in [0.15, 0.2) is 54.7 Å². The van der Waals surface area contributed by atoms with Gasteiger partial charge < -0.3 is 5.32 Å². The van der Waals surface area contributed by atoms with E-state index in [-0.39, 0.29) is 5.82 Å². The smallest absolute Gasteiger partial charge is 0.227 e. The van der Waals surface area contributed by atoms with Crippen LogP contribution in [0.3, 0.4) is 0 Å². The van der Waals surface area contributed by atoms with Crippen LogP contribution in [-0.4, -0.2) is 25.4 Å². The van der Waals surface area contributed by atoms with Crippen LogP contribution < -0.4 is 5.32 Å². The van der Waals surface area contributed by atoms with Gasteiger partial charge in [0.2, 0.25) is 5.95 Å². The molecule has 2 heterocycles. The minimum absolute atomic E-state index is 0.317. The van der Waals surface area contributed by atoms with Crippen LogP contribution in [-0.2, 0) is 0 Å². The first-order valence-corrected chi connectivity index (χ1v) is 6.94. The van der Waals surface area contributed by atoms with Crippen molar-refractivity contribution in [2.75, 3.05) is 5.32 Å². The highest BCUT2D eigenvalue weighted by molar-refractivity contribution is 5.80. The Hall–Kier alpha value is -3.35. The molecule has 4 rings (SSSR count). The number of fused-ring (bicyclic) bond motifs is 1. The van der Waals surface area contributed by atoms with Gasteiger partial charge in [-0.25, -0.2) is 14.4 Å². The standard InChI is InChI=1S/C16H11FN6/c17-11-2-1-3-12(9-11)19-16-18-7-6-13(20-16)10-4-5-14-15(8-10)22-23-21-14/h1-9H,(H,18,19,20)(H,21,22,23). The summed E-state index contributed by atoms with van der Waals surface area (Å²) in [6.45, 7) is 0. The lowest BCUT2D eigenvalue weighted by molar-refractivity contribution is 0.628. The molecule has 0 aliphatic heterocycles. The zero-order valence-corrected chi connectivity index (χ0v) is 11.9. The molecule has 0 aliphatic rings. The molecule has 2 aromatic heterocycles. The number of hydrogen-bond donors (Lipinski definition) is 2. The zero-order valence-electron chi connectivity index (χ0n) is 11.9. The van der Waals surface area contributed by atoms with E-state index in [1.165, 1.54) is 12.1 Å². The quantitative estimate of drug-likeness (QED) is 0.607. The number of anilines is 2. The largest absolute Gasteiger partial charge is 0.324 e. The Bertz CT molecular complexity index is 981.